The van der Waals surface area contributed by atoms with Crippen LogP contribution in [-0.4, -0.2) is 9.97 Å². The molecule has 0 radical (unpaired) electrons. The van der Waals surface area contributed by atoms with Crippen molar-refractivity contribution in [3.63, 3.8) is 0 Å². The van der Waals surface area contributed by atoms with Gasteiger partial charge in [-0.3, -0.25) is 0 Å². The van der Waals surface area contributed by atoms with E-state index >= 15 is 0 Å². The maximum Gasteiger partial charge on any atom is 0.126 e. The highest BCUT2D eigenvalue weighted by atomic mass is 35.5. The second-order valence-corrected chi connectivity index (χ2v) is 8.38. The number of aryl methyl sites for hydroxylation is 1. The van der Waals surface area contributed by atoms with Gasteiger partial charge >= 0.3 is 0 Å². The van der Waals surface area contributed by atoms with Crippen LogP contribution in [0.25, 0.3) is 21.7 Å². The molecule has 146 valence electrons. The van der Waals surface area contributed by atoms with Crippen LogP contribution in [0.5, 0.6) is 0 Å². The number of hydrogen-bond donors (Lipinski definition) is 1. The number of pyridine rings is 1. The van der Waals surface area contributed by atoms with Crippen LogP contribution in [-0.2, 0) is 6.42 Å². The number of anilines is 1. The lowest BCUT2D eigenvalue weighted by Gasteiger charge is -2.15. The number of nitrogens with one attached hydrogen (secondary N) is 1. The van der Waals surface area contributed by atoms with Gasteiger partial charge in [0.15, 0.2) is 0 Å². The van der Waals surface area contributed by atoms with Crippen molar-refractivity contribution in [3.8, 4) is 21.7 Å². The molecule has 1 N–H and O–H groups in total. The van der Waals surface area contributed by atoms with Crippen LogP contribution in [0.1, 0.15) is 30.5 Å². The zero-order valence-corrected chi connectivity index (χ0v) is 18.0. The highest BCUT2D eigenvalue weighted by molar-refractivity contribution is 7.15. The average Bonchev–Trinajstić information content (AvgIpc) is 3.19. The summed E-state index contributed by atoms with van der Waals surface area (Å²) in [4.78, 5) is 10.5. The number of aromatic nitrogens is 2. The predicted molar refractivity (Wildman–Crippen MR) is 124 cm³/mol. The van der Waals surface area contributed by atoms with E-state index in [2.05, 4.69) is 60.5 Å². The Morgan fingerprint density at radius 1 is 1.00 bits per heavy atom. The Morgan fingerprint density at radius 3 is 2.59 bits per heavy atom. The molecule has 0 saturated heterocycles. The molecule has 2 aromatic heterocycles. The molecule has 4 rings (SSSR count). The molecular formula is C24H22ClN3S. The summed E-state index contributed by atoms with van der Waals surface area (Å²) >= 11 is 7.96. The van der Waals surface area contributed by atoms with Crippen LogP contribution < -0.4 is 5.32 Å². The van der Waals surface area contributed by atoms with E-state index in [1.54, 1.807) is 11.3 Å². The van der Waals surface area contributed by atoms with Crippen molar-refractivity contribution in [2.45, 2.75) is 26.3 Å². The molecule has 1 unspecified atom stereocenters. The molecule has 0 spiro atoms. The third-order valence-electron chi connectivity index (χ3n) is 4.76. The van der Waals surface area contributed by atoms with Gasteiger partial charge in [-0.05, 0) is 48.7 Å². The van der Waals surface area contributed by atoms with Crippen LogP contribution in [0.3, 0.4) is 0 Å². The summed E-state index contributed by atoms with van der Waals surface area (Å²) in [6.45, 7) is 4.27. The molecule has 4 aromatic rings. The number of thiazole rings is 1. The van der Waals surface area contributed by atoms with E-state index in [4.69, 9.17) is 16.6 Å². The molecule has 0 saturated carbocycles. The molecule has 0 aliphatic rings. The molecule has 0 aliphatic heterocycles. The Morgan fingerprint density at radius 2 is 1.83 bits per heavy atom. The summed E-state index contributed by atoms with van der Waals surface area (Å²) in [7, 11) is 0. The van der Waals surface area contributed by atoms with Crippen molar-refractivity contribution in [1.82, 2.24) is 9.97 Å². The highest BCUT2D eigenvalue weighted by Gasteiger charge is 2.16. The van der Waals surface area contributed by atoms with Gasteiger partial charge < -0.3 is 5.32 Å². The SMILES string of the molecule is CCc1nc(-c2cccc(Cl)c2)c(-c2ccnc(NC(C)c3ccccc3)c2)s1. The zero-order valence-electron chi connectivity index (χ0n) is 16.4. The fraction of sp³-hybridized carbons (Fsp3) is 0.167. The van der Waals surface area contributed by atoms with E-state index in [1.165, 1.54) is 5.56 Å². The number of benzene rings is 2. The van der Waals surface area contributed by atoms with Crippen LogP contribution in [0.15, 0.2) is 72.9 Å². The lowest BCUT2D eigenvalue weighted by Crippen LogP contribution is -2.07. The van der Waals surface area contributed by atoms with Crippen LogP contribution in [0, 0.1) is 0 Å². The van der Waals surface area contributed by atoms with Crippen molar-refractivity contribution in [1.29, 1.82) is 0 Å². The molecule has 3 nitrogen and oxygen atoms in total. The fourth-order valence-corrected chi connectivity index (χ4v) is 4.45. The van der Waals surface area contributed by atoms with Gasteiger partial charge in [-0.25, -0.2) is 9.97 Å². The van der Waals surface area contributed by atoms with E-state index in [-0.39, 0.29) is 6.04 Å². The van der Waals surface area contributed by atoms with Crippen molar-refractivity contribution in [2.75, 3.05) is 5.32 Å². The quantitative estimate of drug-likeness (QED) is 0.357. The largest absolute Gasteiger partial charge is 0.364 e. The van der Waals surface area contributed by atoms with Crippen LogP contribution in [0.4, 0.5) is 5.82 Å². The number of hydrogen-bond acceptors (Lipinski definition) is 4. The average molecular weight is 420 g/mol. The number of rotatable bonds is 6. The Labute approximate surface area is 180 Å². The summed E-state index contributed by atoms with van der Waals surface area (Å²) in [5.41, 5.74) is 4.34. The van der Waals surface area contributed by atoms with Gasteiger partial charge in [0.05, 0.1) is 15.6 Å². The molecule has 1 atom stereocenters. The smallest absolute Gasteiger partial charge is 0.126 e. The van der Waals surface area contributed by atoms with Gasteiger partial charge in [-0.2, -0.15) is 0 Å². The summed E-state index contributed by atoms with van der Waals surface area (Å²) in [5, 5.41) is 5.34. The van der Waals surface area contributed by atoms with Gasteiger partial charge in [0.2, 0.25) is 0 Å². The van der Waals surface area contributed by atoms with Gasteiger partial charge in [-0.15, -0.1) is 11.3 Å². The molecular weight excluding hydrogens is 398 g/mol. The van der Waals surface area contributed by atoms with Crippen LogP contribution in [0.2, 0.25) is 5.02 Å². The minimum Gasteiger partial charge on any atom is -0.364 e. The fourth-order valence-electron chi connectivity index (χ4n) is 3.24. The number of nitrogens with zero attached hydrogens (tertiary/aromatic N) is 2. The second-order valence-electron chi connectivity index (χ2n) is 6.86. The van der Waals surface area contributed by atoms with E-state index < -0.39 is 0 Å². The normalized spacial score (nSPS) is 12.0. The van der Waals surface area contributed by atoms with Gasteiger partial charge in [0.1, 0.15) is 5.82 Å². The minimum absolute atomic E-state index is 0.166. The van der Waals surface area contributed by atoms with E-state index in [0.29, 0.717) is 5.02 Å². The summed E-state index contributed by atoms with van der Waals surface area (Å²) < 4.78 is 0. The molecule has 2 aromatic carbocycles. The molecule has 5 heteroatoms. The molecule has 2 heterocycles. The molecule has 29 heavy (non-hydrogen) atoms. The second kappa shape index (κ2) is 8.76. The first-order valence-electron chi connectivity index (χ1n) is 9.67. The third-order valence-corrected chi connectivity index (χ3v) is 6.24. The maximum atomic E-state index is 6.23. The Hall–Kier alpha value is -2.69. The Bertz CT molecular complexity index is 1110. The van der Waals surface area contributed by atoms with E-state index in [9.17, 15) is 0 Å². The van der Waals surface area contributed by atoms with Crippen molar-refractivity contribution in [2.24, 2.45) is 0 Å². The topological polar surface area (TPSA) is 37.8 Å². The van der Waals surface area contributed by atoms with Crippen molar-refractivity contribution < 1.29 is 0 Å². The van der Waals surface area contributed by atoms with Crippen molar-refractivity contribution in [3.05, 3.63) is 88.5 Å². The first-order valence-corrected chi connectivity index (χ1v) is 10.9. The molecule has 0 amide bonds. The Kier molecular flexibility index (Phi) is 5.93. The van der Waals surface area contributed by atoms with Gasteiger partial charge in [0.25, 0.3) is 0 Å². The van der Waals surface area contributed by atoms with E-state index in [0.717, 1.165) is 38.9 Å². The van der Waals surface area contributed by atoms with Crippen LogP contribution >= 0.6 is 22.9 Å². The molecule has 0 aliphatic carbocycles. The number of halogens is 1. The van der Waals surface area contributed by atoms with Gasteiger partial charge in [0, 0.05) is 22.8 Å². The lowest BCUT2D eigenvalue weighted by molar-refractivity contribution is 0.875. The van der Waals surface area contributed by atoms with E-state index in [1.807, 2.05) is 36.5 Å². The summed E-state index contributed by atoms with van der Waals surface area (Å²) in [5.74, 6) is 0.849. The van der Waals surface area contributed by atoms with Crippen molar-refractivity contribution >= 4 is 28.8 Å². The first-order chi connectivity index (χ1) is 14.1. The third kappa shape index (κ3) is 4.50. The molecule has 0 bridgehead atoms. The monoisotopic (exact) mass is 419 g/mol. The zero-order chi connectivity index (χ0) is 20.2. The lowest BCUT2D eigenvalue weighted by atomic mass is 10.1. The summed E-state index contributed by atoms with van der Waals surface area (Å²) in [6, 6.07) is 22.6. The Balaban J connectivity index is 1.69. The minimum atomic E-state index is 0.166. The predicted octanol–water partition coefficient (Wildman–Crippen LogP) is 7.26. The summed E-state index contributed by atoms with van der Waals surface area (Å²) in [6.07, 6.45) is 2.75. The standard InChI is InChI=1S/C24H22ClN3S/c1-3-22-28-23(18-10-7-11-20(25)14-18)24(29-22)19-12-13-26-21(15-19)27-16(2)17-8-5-4-6-9-17/h4-16H,3H2,1-2H3,(H,26,27). The highest BCUT2D eigenvalue weighted by Crippen LogP contribution is 2.38. The van der Waals surface area contributed by atoms with Gasteiger partial charge in [-0.1, -0.05) is 61.0 Å². The maximum absolute atomic E-state index is 6.23. The first kappa shape index (κ1) is 19.6. The molecule has 0 fully saturated rings.